The molecule has 1 unspecified atom stereocenters. The van der Waals surface area contributed by atoms with E-state index >= 15 is 0 Å². The van der Waals surface area contributed by atoms with Crippen LogP contribution in [0, 0.1) is 0 Å². The Morgan fingerprint density at radius 1 is 1.43 bits per heavy atom. The maximum absolute atomic E-state index is 6.37. The van der Waals surface area contributed by atoms with E-state index in [0.29, 0.717) is 13.2 Å². The van der Waals surface area contributed by atoms with Crippen molar-refractivity contribution in [3.8, 4) is 0 Å². The molecule has 114 valence electrons. The van der Waals surface area contributed by atoms with Gasteiger partial charge in [0.15, 0.2) is 0 Å². The summed E-state index contributed by atoms with van der Waals surface area (Å²) in [4.78, 5) is 0. The standard InChI is InChI=1S/C15H19BrClN3O/c1-3-18-14(11-6-4-5-7-13(11)17)15-12(16)10-19-20(15)8-9-21-2/h4-7,10,14,18H,3,8-9H2,1-2H3. The first kappa shape index (κ1) is 16.5. The number of nitrogens with zero attached hydrogens (tertiary/aromatic N) is 2. The first-order chi connectivity index (χ1) is 10.2. The fourth-order valence-electron chi connectivity index (χ4n) is 2.28. The summed E-state index contributed by atoms with van der Waals surface area (Å²) in [6.45, 7) is 4.22. The second-order valence-electron chi connectivity index (χ2n) is 4.61. The van der Waals surface area contributed by atoms with Gasteiger partial charge in [-0.1, -0.05) is 36.7 Å². The van der Waals surface area contributed by atoms with Crippen molar-refractivity contribution in [2.75, 3.05) is 20.3 Å². The van der Waals surface area contributed by atoms with Gasteiger partial charge in [0.2, 0.25) is 0 Å². The number of rotatable bonds is 7. The van der Waals surface area contributed by atoms with Crippen LogP contribution in [0.5, 0.6) is 0 Å². The van der Waals surface area contributed by atoms with Gasteiger partial charge in [0.25, 0.3) is 0 Å². The Balaban J connectivity index is 2.43. The molecule has 21 heavy (non-hydrogen) atoms. The minimum absolute atomic E-state index is 0.0163. The fourth-order valence-corrected chi connectivity index (χ4v) is 3.05. The van der Waals surface area contributed by atoms with Crippen LogP contribution in [0.3, 0.4) is 0 Å². The summed E-state index contributed by atoms with van der Waals surface area (Å²) in [5.74, 6) is 0. The summed E-state index contributed by atoms with van der Waals surface area (Å²) in [6, 6.07) is 7.86. The Kier molecular flexibility index (Phi) is 6.23. The van der Waals surface area contributed by atoms with Gasteiger partial charge in [-0.05, 0) is 34.1 Å². The van der Waals surface area contributed by atoms with E-state index in [1.807, 2.05) is 35.1 Å². The SMILES string of the molecule is CCNC(c1ccccc1Cl)c1c(Br)cnn1CCOC. The Labute approximate surface area is 138 Å². The van der Waals surface area contributed by atoms with E-state index in [0.717, 1.165) is 27.3 Å². The van der Waals surface area contributed by atoms with Crippen LogP contribution >= 0.6 is 27.5 Å². The summed E-state index contributed by atoms with van der Waals surface area (Å²) >= 11 is 9.97. The Morgan fingerprint density at radius 3 is 2.86 bits per heavy atom. The lowest BCUT2D eigenvalue weighted by atomic mass is 10.0. The zero-order valence-corrected chi connectivity index (χ0v) is 14.5. The smallest absolute Gasteiger partial charge is 0.0774 e. The highest BCUT2D eigenvalue weighted by atomic mass is 79.9. The van der Waals surface area contributed by atoms with Crippen molar-refractivity contribution >= 4 is 27.5 Å². The number of halogens is 2. The van der Waals surface area contributed by atoms with Crippen LogP contribution in [0.2, 0.25) is 5.02 Å². The molecule has 0 aliphatic heterocycles. The molecule has 0 aliphatic carbocycles. The molecule has 1 atom stereocenters. The number of hydrogen-bond donors (Lipinski definition) is 1. The molecular formula is C15H19BrClN3O. The Morgan fingerprint density at radius 2 is 2.19 bits per heavy atom. The molecule has 1 aromatic carbocycles. The largest absolute Gasteiger partial charge is 0.383 e. The molecule has 1 aromatic heterocycles. The number of aromatic nitrogens is 2. The summed E-state index contributed by atoms with van der Waals surface area (Å²) in [5, 5.41) is 8.65. The maximum Gasteiger partial charge on any atom is 0.0774 e. The first-order valence-corrected chi connectivity index (χ1v) is 8.04. The molecule has 0 amide bonds. The third-order valence-corrected chi connectivity index (χ3v) is 4.19. The minimum Gasteiger partial charge on any atom is -0.383 e. The third-order valence-electron chi connectivity index (χ3n) is 3.24. The van der Waals surface area contributed by atoms with Crippen molar-refractivity contribution in [1.82, 2.24) is 15.1 Å². The Bertz CT molecular complexity index is 588. The minimum atomic E-state index is -0.0163. The Hall–Kier alpha value is -0.880. The van der Waals surface area contributed by atoms with Crippen LogP contribution in [0.25, 0.3) is 0 Å². The third kappa shape index (κ3) is 3.86. The van der Waals surface area contributed by atoms with Crippen molar-refractivity contribution in [3.63, 3.8) is 0 Å². The van der Waals surface area contributed by atoms with Gasteiger partial charge < -0.3 is 10.1 Å². The molecule has 0 saturated heterocycles. The van der Waals surface area contributed by atoms with Gasteiger partial charge in [0.05, 0.1) is 35.6 Å². The quantitative estimate of drug-likeness (QED) is 0.806. The number of ether oxygens (including phenoxy) is 1. The van der Waals surface area contributed by atoms with E-state index in [1.54, 1.807) is 7.11 Å². The topological polar surface area (TPSA) is 39.1 Å². The lowest BCUT2D eigenvalue weighted by molar-refractivity contribution is 0.182. The molecule has 0 fully saturated rings. The van der Waals surface area contributed by atoms with E-state index in [2.05, 4.69) is 33.3 Å². The van der Waals surface area contributed by atoms with Gasteiger partial charge in [-0.2, -0.15) is 5.10 Å². The van der Waals surface area contributed by atoms with Gasteiger partial charge in [0, 0.05) is 12.1 Å². The van der Waals surface area contributed by atoms with Crippen molar-refractivity contribution in [2.24, 2.45) is 0 Å². The van der Waals surface area contributed by atoms with Crippen LogP contribution in [0.4, 0.5) is 0 Å². The molecule has 6 heteroatoms. The molecule has 0 saturated carbocycles. The molecular weight excluding hydrogens is 354 g/mol. The average Bonchev–Trinajstić information content (AvgIpc) is 2.84. The zero-order chi connectivity index (χ0) is 15.2. The number of methoxy groups -OCH3 is 1. The predicted octanol–water partition coefficient (Wildman–Crippen LogP) is 3.64. The number of benzene rings is 1. The fraction of sp³-hybridized carbons (Fsp3) is 0.400. The summed E-state index contributed by atoms with van der Waals surface area (Å²) in [5.41, 5.74) is 2.10. The molecule has 1 heterocycles. The van der Waals surface area contributed by atoms with Gasteiger partial charge in [0.1, 0.15) is 0 Å². The van der Waals surface area contributed by atoms with Crippen molar-refractivity contribution in [3.05, 3.63) is 51.2 Å². The van der Waals surface area contributed by atoms with Crippen molar-refractivity contribution in [1.29, 1.82) is 0 Å². The molecule has 0 bridgehead atoms. The molecule has 0 spiro atoms. The van der Waals surface area contributed by atoms with E-state index in [4.69, 9.17) is 16.3 Å². The highest BCUT2D eigenvalue weighted by Gasteiger charge is 2.22. The van der Waals surface area contributed by atoms with Crippen LogP contribution in [0.1, 0.15) is 24.2 Å². The average molecular weight is 373 g/mol. The highest BCUT2D eigenvalue weighted by Crippen LogP contribution is 2.32. The van der Waals surface area contributed by atoms with Gasteiger partial charge in [-0.25, -0.2) is 0 Å². The molecule has 2 aromatic rings. The van der Waals surface area contributed by atoms with E-state index in [-0.39, 0.29) is 6.04 Å². The zero-order valence-electron chi connectivity index (χ0n) is 12.1. The summed E-state index contributed by atoms with van der Waals surface area (Å²) in [6.07, 6.45) is 1.81. The van der Waals surface area contributed by atoms with E-state index in [1.165, 1.54) is 0 Å². The van der Waals surface area contributed by atoms with E-state index in [9.17, 15) is 0 Å². The lowest BCUT2D eigenvalue weighted by Gasteiger charge is -2.21. The van der Waals surface area contributed by atoms with Crippen LogP contribution in [-0.4, -0.2) is 30.0 Å². The van der Waals surface area contributed by atoms with E-state index < -0.39 is 0 Å². The lowest BCUT2D eigenvalue weighted by Crippen LogP contribution is -2.26. The number of hydrogen-bond acceptors (Lipinski definition) is 3. The molecule has 4 nitrogen and oxygen atoms in total. The predicted molar refractivity (Wildman–Crippen MR) is 88.8 cm³/mol. The normalized spacial score (nSPS) is 12.6. The van der Waals surface area contributed by atoms with Gasteiger partial charge in [-0.3, -0.25) is 4.68 Å². The second-order valence-corrected chi connectivity index (χ2v) is 5.87. The molecule has 0 aliphatic rings. The van der Waals surface area contributed by atoms with Crippen LogP contribution in [-0.2, 0) is 11.3 Å². The highest BCUT2D eigenvalue weighted by molar-refractivity contribution is 9.10. The summed E-state index contributed by atoms with van der Waals surface area (Å²) in [7, 11) is 1.69. The monoisotopic (exact) mass is 371 g/mol. The number of nitrogens with one attached hydrogen (secondary N) is 1. The molecule has 0 radical (unpaired) electrons. The molecule has 1 N–H and O–H groups in total. The first-order valence-electron chi connectivity index (χ1n) is 6.87. The van der Waals surface area contributed by atoms with Crippen LogP contribution < -0.4 is 5.32 Å². The summed E-state index contributed by atoms with van der Waals surface area (Å²) < 4.78 is 8.07. The van der Waals surface area contributed by atoms with Crippen LogP contribution in [0.15, 0.2) is 34.9 Å². The van der Waals surface area contributed by atoms with Gasteiger partial charge >= 0.3 is 0 Å². The van der Waals surface area contributed by atoms with Crippen molar-refractivity contribution < 1.29 is 4.74 Å². The molecule has 2 rings (SSSR count). The van der Waals surface area contributed by atoms with Crippen molar-refractivity contribution in [2.45, 2.75) is 19.5 Å². The maximum atomic E-state index is 6.37. The van der Waals surface area contributed by atoms with Gasteiger partial charge in [-0.15, -0.1) is 0 Å². The second kappa shape index (κ2) is 7.94.